The molecule has 3 aromatic rings. The van der Waals surface area contributed by atoms with Crippen LogP contribution in [0.3, 0.4) is 0 Å². The SMILES string of the molecule is CCN(CC)[C@@H]1CCN(c2cc(C)nc3cc(OCc4ccc(C#N)cc4)ccc23)C1. The minimum Gasteiger partial charge on any atom is -0.489 e. The molecule has 0 aliphatic carbocycles. The van der Waals surface area contributed by atoms with Crippen molar-refractivity contribution in [2.45, 2.75) is 39.8 Å². The Morgan fingerprint density at radius 1 is 1.13 bits per heavy atom. The summed E-state index contributed by atoms with van der Waals surface area (Å²) in [5.74, 6) is 0.809. The van der Waals surface area contributed by atoms with Gasteiger partial charge in [0.25, 0.3) is 0 Å². The zero-order valence-corrected chi connectivity index (χ0v) is 18.6. The van der Waals surface area contributed by atoms with Gasteiger partial charge in [-0.1, -0.05) is 26.0 Å². The van der Waals surface area contributed by atoms with Gasteiger partial charge in [-0.3, -0.25) is 9.88 Å². The van der Waals surface area contributed by atoms with Crippen LogP contribution in [-0.4, -0.2) is 42.1 Å². The summed E-state index contributed by atoms with van der Waals surface area (Å²) < 4.78 is 6.01. The molecule has 0 bridgehead atoms. The van der Waals surface area contributed by atoms with E-state index in [-0.39, 0.29) is 0 Å². The fourth-order valence-corrected chi connectivity index (χ4v) is 4.51. The van der Waals surface area contributed by atoms with Crippen LogP contribution in [0.2, 0.25) is 0 Å². The summed E-state index contributed by atoms with van der Waals surface area (Å²) in [5.41, 5.74) is 4.97. The van der Waals surface area contributed by atoms with E-state index < -0.39 is 0 Å². The molecule has 5 nitrogen and oxygen atoms in total. The Morgan fingerprint density at radius 3 is 2.61 bits per heavy atom. The van der Waals surface area contributed by atoms with Gasteiger partial charge in [0.1, 0.15) is 12.4 Å². The fourth-order valence-electron chi connectivity index (χ4n) is 4.51. The Bertz CT molecular complexity index is 1080. The Balaban J connectivity index is 1.53. The highest BCUT2D eigenvalue weighted by Crippen LogP contribution is 2.32. The number of rotatable bonds is 7. The molecule has 0 radical (unpaired) electrons. The Kier molecular flexibility index (Phi) is 6.39. The van der Waals surface area contributed by atoms with Crippen molar-refractivity contribution in [2.24, 2.45) is 0 Å². The maximum absolute atomic E-state index is 8.93. The topological polar surface area (TPSA) is 52.4 Å². The first kappa shape index (κ1) is 21.1. The molecule has 2 aromatic carbocycles. The lowest BCUT2D eigenvalue weighted by Crippen LogP contribution is -2.37. The molecular weight excluding hydrogens is 384 g/mol. The molecule has 1 aromatic heterocycles. The van der Waals surface area contributed by atoms with Crippen molar-refractivity contribution >= 4 is 16.6 Å². The number of nitrogens with zero attached hydrogens (tertiary/aromatic N) is 4. The quantitative estimate of drug-likeness (QED) is 0.550. The first-order chi connectivity index (χ1) is 15.1. The van der Waals surface area contributed by atoms with E-state index in [0.717, 1.165) is 48.7 Å². The molecule has 1 aliphatic rings. The Labute approximate surface area is 184 Å². The zero-order chi connectivity index (χ0) is 21.8. The van der Waals surface area contributed by atoms with Gasteiger partial charge < -0.3 is 9.64 Å². The number of aryl methyl sites for hydroxylation is 1. The molecule has 0 spiro atoms. The number of hydrogen-bond donors (Lipinski definition) is 0. The molecule has 160 valence electrons. The molecule has 1 atom stereocenters. The second kappa shape index (κ2) is 9.36. The van der Waals surface area contributed by atoms with Crippen molar-refractivity contribution < 1.29 is 4.74 Å². The van der Waals surface area contributed by atoms with Crippen LogP contribution in [0.1, 0.15) is 37.1 Å². The third-order valence-electron chi connectivity index (χ3n) is 6.21. The molecule has 0 N–H and O–H groups in total. The summed E-state index contributed by atoms with van der Waals surface area (Å²) in [6.45, 7) is 11.4. The molecule has 0 amide bonds. The average molecular weight is 415 g/mol. The van der Waals surface area contributed by atoms with Gasteiger partial charge in [0.15, 0.2) is 0 Å². The van der Waals surface area contributed by atoms with Crippen LogP contribution >= 0.6 is 0 Å². The minimum absolute atomic E-state index is 0.466. The van der Waals surface area contributed by atoms with Gasteiger partial charge in [0.2, 0.25) is 0 Å². The average Bonchev–Trinajstić information content (AvgIpc) is 3.28. The lowest BCUT2D eigenvalue weighted by atomic mass is 10.1. The second-order valence-electron chi connectivity index (χ2n) is 8.17. The highest BCUT2D eigenvalue weighted by atomic mass is 16.5. The zero-order valence-electron chi connectivity index (χ0n) is 18.6. The van der Waals surface area contributed by atoms with E-state index in [1.807, 2.05) is 36.4 Å². The number of likely N-dealkylation sites (N-methyl/N-ethyl adjacent to an activating group) is 1. The van der Waals surface area contributed by atoms with E-state index in [0.29, 0.717) is 18.2 Å². The van der Waals surface area contributed by atoms with Crippen molar-refractivity contribution in [1.29, 1.82) is 5.26 Å². The van der Waals surface area contributed by atoms with Crippen LogP contribution in [0.4, 0.5) is 5.69 Å². The standard InChI is InChI=1S/C26H30N4O/c1-4-29(5-2)22-12-13-30(17-22)26-14-19(3)28-25-15-23(10-11-24(25)26)31-18-21-8-6-20(16-27)7-9-21/h6-11,14-15,22H,4-5,12-13,17-18H2,1-3H3/t22-/m1/s1. The number of anilines is 1. The van der Waals surface area contributed by atoms with Gasteiger partial charge in [-0.2, -0.15) is 5.26 Å². The number of hydrogen-bond acceptors (Lipinski definition) is 5. The number of ether oxygens (including phenoxy) is 1. The maximum atomic E-state index is 8.93. The summed E-state index contributed by atoms with van der Waals surface area (Å²) in [6, 6.07) is 18.7. The van der Waals surface area contributed by atoms with Crippen molar-refractivity contribution in [3.8, 4) is 11.8 Å². The van der Waals surface area contributed by atoms with E-state index in [2.05, 4.69) is 48.8 Å². The van der Waals surface area contributed by atoms with Gasteiger partial charge in [0.05, 0.1) is 17.1 Å². The first-order valence-corrected chi connectivity index (χ1v) is 11.1. The van der Waals surface area contributed by atoms with E-state index in [1.165, 1.54) is 17.5 Å². The van der Waals surface area contributed by atoms with Gasteiger partial charge in [-0.25, -0.2) is 0 Å². The Hall–Kier alpha value is -3.10. The predicted octanol–water partition coefficient (Wildman–Crippen LogP) is 4.91. The monoisotopic (exact) mass is 414 g/mol. The lowest BCUT2D eigenvalue weighted by Gasteiger charge is -2.27. The summed E-state index contributed by atoms with van der Waals surface area (Å²) in [4.78, 5) is 9.85. The molecule has 2 heterocycles. The number of pyridine rings is 1. The lowest BCUT2D eigenvalue weighted by molar-refractivity contribution is 0.232. The van der Waals surface area contributed by atoms with Crippen molar-refractivity contribution in [2.75, 3.05) is 31.1 Å². The van der Waals surface area contributed by atoms with Crippen molar-refractivity contribution in [1.82, 2.24) is 9.88 Å². The van der Waals surface area contributed by atoms with Crippen LogP contribution in [0.5, 0.6) is 5.75 Å². The Morgan fingerprint density at radius 2 is 1.90 bits per heavy atom. The highest BCUT2D eigenvalue weighted by molar-refractivity contribution is 5.93. The van der Waals surface area contributed by atoms with E-state index in [1.54, 1.807) is 0 Å². The molecule has 31 heavy (non-hydrogen) atoms. The molecule has 0 saturated carbocycles. The molecule has 1 fully saturated rings. The van der Waals surface area contributed by atoms with E-state index in [9.17, 15) is 0 Å². The van der Waals surface area contributed by atoms with Gasteiger partial charge >= 0.3 is 0 Å². The smallest absolute Gasteiger partial charge is 0.122 e. The molecule has 5 heteroatoms. The van der Waals surface area contributed by atoms with Gasteiger partial charge in [-0.15, -0.1) is 0 Å². The normalized spacial score (nSPS) is 16.1. The van der Waals surface area contributed by atoms with Crippen LogP contribution in [-0.2, 0) is 6.61 Å². The summed E-state index contributed by atoms with van der Waals surface area (Å²) in [7, 11) is 0. The third-order valence-corrected chi connectivity index (χ3v) is 6.21. The van der Waals surface area contributed by atoms with E-state index >= 15 is 0 Å². The van der Waals surface area contributed by atoms with Crippen molar-refractivity contribution in [3.63, 3.8) is 0 Å². The summed E-state index contributed by atoms with van der Waals surface area (Å²) >= 11 is 0. The summed E-state index contributed by atoms with van der Waals surface area (Å²) in [5, 5.41) is 10.1. The van der Waals surface area contributed by atoms with Crippen LogP contribution in [0.15, 0.2) is 48.5 Å². The van der Waals surface area contributed by atoms with Gasteiger partial charge in [0, 0.05) is 42.0 Å². The molecule has 1 saturated heterocycles. The van der Waals surface area contributed by atoms with Crippen molar-refractivity contribution in [3.05, 3.63) is 65.4 Å². The molecule has 4 rings (SSSR count). The highest BCUT2D eigenvalue weighted by Gasteiger charge is 2.27. The maximum Gasteiger partial charge on any atom is 0.122 e. The van der Waals surface area contributed by atoms with Gasteiger partial charge in [-0.05, 0) is 62.3 Å². The number of benzene rings is 2. The third kappa shape index (κ3) is 4.65. The van der Waals surface area contributed by atoms with Crippen LogP contribution in [0, 0.1) is 18.3 Å². The molecule has 1 aliphatic heterocycles. The van der Waals surface area contributed by atoms with E-state index in [4.69, 9.17) is 15.0 Å². The number of fused-ring (bicyclic) bond motifs is 1. The second-order valence-corrected chi connectivity index (χ2v) is 8.17. The molecular formula is C26H30N4O. The fraction of sp³-hybridized carbons (Fsp3) is 0.385. The number of nitriles is 1. The largest absolute Gasteiger partial charge is 0.489 e. The number of aromatic nitrogens is 1. The predicted molar refractivity (Wildman–Crippen MR) is 126 cm³/mol. The van der Waals surface area contributed by atoms with Crippen LogP contribution < -0.4 is 9.64 Å². The minimum atomic E-state index is 0.466. The summed E-state index contributed by atoms with van der Waals surface area (Å²) in [6.07, 6.45) is 1.20. The molecule has 0 unspecified atom stereocenters. The first-order valence-electron chi connectivity index (χ1n) is 11.1. The van der Waals surface area contributed by atoms with Crippen LogP contribution in [0.25, 0.3) is 10.9 Å².